The van der Waals surface area contributed by atoms with Gasteiger partial charge in [-0.05, 0) is 62.4 Å². The lowest BCUT2D eigenvalue weighted by molar-refractivity contribution is 0.478. The number of aryl methyl sites for hydroxylation is 2. The minimum Gasteiger partial charge on any atom is -0.367 e. The number of anilines is 1. The molecule has 0 saturated carbocycles. The molecular formula is C14H17ClN4S. The highest BCUT2D eigenvalue weighted by molar-refractivity contribution is 7.19. The number of rotatable bonds is 2. The predicted octanol–water partition coefficient (Wildman–Crippen LogP) is 3.00. The molecule has 1 saturated heterocycles. The number of hydrogen-bond acceptors (Lipinski definition) is 5. The average Bonchev–Trinajstić information content (AvgIpc) is 2.99. The molecule has 1 aliphatic heterocycles. The van der Waals surface area contributed by atoms with E-state index in [-0.39, 0.29) is 0 Å². The number of hydrogen-bond donors (Lipinski definition) is 2. The van der Waals surface area contributed by atoms with E-state index in [1.807, 2.05) is 0 Å². The zero-order valence-electron chi connectivity index (χ0n) is 11.2. The lowest BCUT2D eigenvalue weighted by atomic mass is 10.1. The molecule has 0 bridgehead atoms. The third-order valence-electron chi connectivity index (χ3n) is 4.22. The van der Waals surface area contributed by atoms with E-state index >= 15 is 0 Å². The van der Waals surface area contributed by atoms with Crippen LogP contribution in [0.2, 0.25) is 5.28 Å². The fourth-order valence-corrected chi connectivity index (χ4v) is 4.71. The molecule has 106 valence electrons. The Labute approximate surface area is 127 Å². The molecule has 0 amide bonds. The first-order valence-electron chi connectivity index (χ1n) is 7.26. The van der Waals surface area contributed by atoms with Crippen molar-refractivity contribution in [3.8, 4) is 0 Å². The topological polar surface area (TPSA) is 49.8 Å². The number of thiophene rings is 1. The molecule has 6 heteroatoms. The second-order valence-electron chi connectivity index (χ2n) is 5.55. The van der Waals surface area contributed by atoms with Crippen LogP contribution in [0, 0.1) is 0 Å². The van der Waals surface area contributed by atoms with E-state index < -0.39 is 0 Å². The summed E-state index contributed by atoms with van der Waals surface area (Å²) in [4.78, 5) is 11.4. The fourth-order valence-electron chi connectivity index (χ4n) is 3.23. The molecule has 0 aromatic carbocycles. The summed E-state index contributed by atoms with van der Waals surface area (Å²) < 4.78 is 0. The van der Waals surface area contributed by atoms with Crippen LogP contribution >= 0.6 is 22.9 Å². The third kappa shape index (κ3) is 2.18. The average molecular weight is 309 g/mol. The number of nitrogens with zero attached hydrogens (tertiary/aromatic N) is 2. The monoisotopic (exact) mass is 308 g/mol. The quantitative estimate of drug-likeness (QED) is 0.837. The standard InChI is InChI=1S/C14H17ClN4S/c15-14-18-12(17-8-4-6-16-7-5-8)11-9-2-1-3-10(9)20-13(11)19-14/h8,16H,1-7H2,(H,17,18,19). The van der Waals surface area contributed by atoms with Gasteiger partial charge in [0.2, 0.25) is 5.28 Å². The number of nitrogens with one attached hydrogen (secondary N) is 2. The minimum atomic E-state index is 0.355. The molecule has 2 aromatic rings. The van der Waals surface area contributed by atoms with Crippen molar-refractivity contribution in [1.82, 2.24) is 15.3 Å². The van der Waals surface area contributed by atoms with Crippen molar-refractivity contribution in [3.63, 3.8) is 0 Å². The van der Waals surface area contributed by atoms with E-state index in [4.69, 9.17) is 11.6 Å². The Morgan fingerprint density at radius 2 is 2.05 bits per heavy atom. The van der Waals surface area contributed by atoms with E-state index in [0.29, 0.717) is 11.3 Å². The predicted molar refractivity (Wildman–Crippen MR) is 84.0 cm³/mol. The number of halogens is 1. The summed E-state index contributed by atoms with van der Waals surface area (Å²) in [5, 5.41) is 8.58. The van der Waals surface area contributed by atoms with Crippen LogP contribution in [0.15, 0.2) is 0 Å². The van der Waals surface area contributed by atoms with Gasteiger partial charge in [-0.25, -0.2) is 9.97 Å². The first kappa shape index (κ1) is 12.8. The van der Waals surface area contributed by atoms with E-state index in [9.17, 15) is 0 Å². The van der Waals surface area contributed by atoms with Gasteiger partial charge in [0.1, 0.15) is 10.6 Å². The second-order valence-corrected chi connectivity index (χ2v) is 6.97. The van der Waals surface area contributed by atoms with Crippen molar-refractivity contribution < 1.29 is 0 Å². The molecule has 20 heavy (non-hydrogen) atoms. The zero-order chi connectivity index (χ0) is 13.5. The fraction of sp³-hybridized carbons (Fsp3) is 0.571. The Morgan fingerprint density at radius 1 is 1.20 bits per heavy atom. The molecule has 0 radical (unpaired) electrons. The zero-order valence-corrected chi connectivity index (χ0v) is 12.8. The van der Waals surface area contributed by atoms with Crippen LogP contribution in [0.3, 0.4) is 0 Å². The summed E-state index contributed by atoms with van der Waals surface area (Å²) in [6.45, 7) is 2.14. The molecule has 2 N–H and O–H groups in total. The Morgan fingerprint density at radius 3 is 2.90 bits per heavy atom. The molecule has 4 rings (SSSR count). The van der Waals surface area contributed by atoms with Crippen molar-refractivity contribution in [2.75, 3.05) is 18.4 Å². The minimum absolute atomic E-state index is 0.355. The third-order valence-corrected chi connectivity index (χ3v) is 5.57. The maximum atomic E-state index is 6.10. The lowest BCUT2D eigenvalue weighted by Crippen LogP contribution is -2.35. The normalized spacial score (nSPS) is 19.4. The van der Waals surface area contributed by atoms with Crippen molar-refractivity contribution in [2.45, 2.75) is 38.1 Å². The maximum absolute atomic E-state index is 6.10. The van der Waals surface area contributed by atoms with Gasteiger partial charge in [0.05, 0.1) is 5.39 Å². The molecule has 2 aliphatic rings. The smallest absolute Gasteiger partial charge is 0.225 e. The SMILES string of the molecule is Clc1nc(NC2CCNCC2)c2c3c(sc2n1)CCC3. The van der Waals surface area contributed by atoms with Crippen molar-refractivity contribution in [1.29, 1.82) is 0 Å². The molecule has 3 heterocycles. The van der Waals surface area contributed by atoms with Crippen molar-refractivity contribution >= 4 is 39.0 Å². The number of aromatic nitrogens is 2. The Kier molecular flexibility index (Phi) is 3.28. The van der Waals surface area contributed by atoms with Gasteiger partial charge in [-0.15, -0.1) is 11.3 Å². The second kappa shape index (κ2) is 5.13. The van der Waals surface area contributed by atoms with Gasteiger partial charge >= 0.3 is 0 Å². The van der Waals surface area contributed by atoms with Gasteiger partial charge in [-0.2, -0.15) is 0 Å². The van der Waals surface area contributed by atoms with Crippen LogP contribution in [0.4, 0.5) is 5.82 Å². The molecule has 0 spiro atoms. The van der Waals surface area contributed by atoms with Crippen LogP contribution in [-0.2, 0) is 12.8 Å². The van der Waals surface area contributed by atoms with E-state index in [1.165, 1.54) is 28.7 Å². The first-order chi connectivity index (χ1) is 9.81. The van der Waals surface area contributed by atoms with Crippen LogP contribution in [0.5, 0.6) is 0 Å². The molecule has 1 aliphatic carbocycles. The summed E-state index contributed by atoms with van der Waals surface area (Å²) in [6, 6.07) is 0.488. The highest BCUT2D eigenvalue weighted by Gasteiger charge is 2.23. The van der Waals surface area contributed by atoms with Crippen molar-refractivity contribution in [3.05, 3.63) is 15.7 Å². The Bertz CT molecular complexity index is 648. The van der Waals surface area contributed by atoms with Gasteiger partial charge in [-0.1, -0.05) is 0 Å². The molecule has 1 fully saturated rings. The van der Waals surface area contributed by atoms with E-state index in [1.54, 1.807) is 11.3 Å². The molecular weight excluding hydrogens is 292 g/mol. The largest absolute Gasteiger partial charge is 0.367 e. The summed E-state index contributed by atoms with van der Waals surface area (Å²) in [5.41, 5.74) is 1.46. The maximum Gasteiger partial charge on any atom is 0.225 e. The van der Waals surface area contributed by atoms with Crippen LogP contribution < -0.4 is 10.6 Å². The van der Waals surface area contributed by atoms with Crippen LogP contribution in [0.1, 0.15) is 29.7 Å². The molecule has 4 nitrogen and oxygen atoms in total. The van der Waals surface area contributed by atoms with Gasteiger partial charge in [0, 0.05) is 10.9 Å². The highest BCUT2D eigenvalue weighted by atomic mass is 35.5. The van der Waals surface area contributed by atoms with Crippen LogP contribution in [-0.4, -0.2) is 29.1 Å². The van der Waals surface area contributed by atoms with Crippen molar-refractivity contribution in [2.24, 2.45) is 0 Å². The van der Waals surface area contributed by atoms with Crippen LogP contribution in [0.25, 0.3) is 10.2 Å². The first-order valence-corrected chi connectivity index (χ1v) is 8.46. The van der Waals surface area contributed by atoms with Gasteiger partial charge in [0.25, 0.3) is 0 Å². The van der Waals surface area contributed by atoms with E-state index in [2.05, 4.69) is 20.6 Å². The number of fused-ring (bicyclic) bond motifs is 3. The van der Waals surface area contributed by atoms with Gasteiger partial charge in [0.15, 0.2) is 0 Å². The summed E-state index contributed by atoms with van der Waals surface area (Å²) in [6.07, 6.45) is 5.86. The van der Waals surface area contributed by atoms with E-state index in [0.717, 1.165) is 43.0 Å². The Hall–Kier alpha value is -0.910. The summed E-state index contributed by atoms with van der Waals surface area (Å²) in [5.74, 6) is 0.950. The highest BCUT2D eigenvalue weighted by Crippen LogP contribution is 2.40. The van der Waals surface area contributed by atoms with Gasteiger partial charge in [-0.3, -0.25) is 0 Å². The summed E-state index contributed by atoms with van der Waals surface area (Å²) in [7, 11) is 0. The Balaban J connectivity index is 1.76. The molecule has 0 atom stereocenters. The number of piperidine rings is 1. The van der Waals surface area contributed by atoms with Gasteiger partial charge < -0.3 is 10.6 Å². The molecule has 2 aromatic heterocycles. The summed E-state index contributed by atoms with van der Waals surface area (Å²) >= 11 is 7.89. The molecule has 0 unspecified atom stereocenters. The lowest BCUT2D eigenvalue weighted by Gasteiger charge is -2.24.